The molecule has 5 nitrogen and oxygen atoms in total. The van der Waals surface area contributed by atoms with Crippen molar-refractivity contribution >= 4 is 5.91 Å². The summed E-state index contributed by atoms with van der Waals surface area (Å²) in [5, 5.41) is 22.8. The van der Waals surface area contributed by atoms with Crippen molar-refractivity contribution in [1.29, 1.82) is 0 Å². The number of aliphatic hydroxyl groups is 2. The third kappa shape index (κ3) is 3.88. The van der Waals surface area contributed by atoms with Crippen LogP contribution in [0.25, 0.3) is 0 Å². The average molecular weight is 324 g/mol. The van der Waals surface area contributed by atoms with E-state index in [0.29, 0.717) is 19.5 Å². The number of likely N-dealkylation sites (N-methyl/N-ethyl adjacent to an activating group) is 1. The second kappa shape index (κ2) is 7.86. The molecule has 0 spiro atoms. The quantitative estimate of drug-likeness (QED) is 0.737. The molecule has 1 aliphatic heterocycles. The van der Waals surface area contributed by atoms with Crippen molar-refractivity contribution in [2.75, 3.05) is 13.1 Å². The highest BCUT2D eigenvalue weighted by molar-refractivity contribution is 5.82. The maximum atomic E-state index is 14.1. The number of hydrogen-bond donors (Lipinski definition) is 3. The molecule has 0 unspecified atom stereocenters. The minimum absolute atomic E-state index is 0.405. The maximum Gasteiger partial charge on any atom is 0.240 e. The molecule has 0 bridgehead atoms. The van der Waals surface area contributed by atoms with Gasteiger partial charge in [-0.2, -0.15) is 0 Å². The first kappa shape index (κ1) is 17.8. The molecule has 1 aliphatic rings. The number of aliphatic hydroxyl groups excluding tert-OH is 2. The Bertz CT molecular complexity index is 514. The van der Waals surface area contributed by atoms with Gasteiger partial charge in [-0.15, -0.1) is 0 Å². The lowest BCUT2D eigenvalue weighted by molar-refractivity contribution is -0.156. The first-order valence-corrected chi connectivity index (χ1v) is 8.05. The van der Waals surface area contributed by atoms with Crippen LogP contribution < -0.4 is 5.32 Å². The lowest BCUT2D eigenvalue weighted by Gasteiger charge is -2.46. The number of halogens is 1. The van der Waals surface area contributed by atoms with E-state index in [1.807, 2.05) is 30.3 Å². The largest absolute Gasteiger partial charge is 0.388 e. The number of hydrogen-bond acceptors (Lipinski definition) is 4. The Labute approximate surface area is 136 Å². The summed E-state index contributed by atoms with van der Waals surface area (Å²) in [7, 11) is 0. The van der Waals surface area contributed by atoms with Gasteiger partial charge in [-0.25, -0.2) is 4.39 Å². The van der Waals surface area contributed by atoms with Crippen molar-refractivity contribution in [2.24, 2.45) is 0 Å². The van der Waals surface area contributed by atoms with E-state index in [9.17, 15) is 19.4 Å². The Morgan fingerprint density at radius 3 is 2.52 bits per heavy atom. The lowest BCUT2D eigenvalue weighted by Crippen LogP contribution is -2.68. The van der Waals surface area contributed by atoms with Gasteiger partial charge in [0.05, 0.1) is 0 Å². The predicted octanol–water partition coefficient (Wildman–Crippen LogP) is 0.498. The van der Waals surface area contributed by atoms with Crippen molar-refractivity contribution in [3.05, 3.63) is 35.9 Å². The Morgan fingerprint density at radius 2 is 1.91 bits per heavy atom. The van der Waals surface area contributed by atoms with Gasteiger partial charge in [-0.3, -0.25) is 9.69 Å². The Kier molecular flexibility index (Phi) is 6.10. The Hall–Kier alpha value is -1.50. The summed E-state index contributed by atoms with van der Waals surface area (Å²) >= 11 is 0. The van der Waals surface area contributed by atoms with E-state index >= 15 is 0 Å². The molecule has 0 radical (unpaired) electrons. The summed E-state index contributed by atoms with van der Waals surface area (Å²) in [4.78, 5) is 14.0. The number of likely N-dealkylation sites (tertiary alicyclic amines) is 1. The summed E-state index contributed by atoms with van der Waals surface area (Å²) in [5.41, 5.74) is 1.08. The minimum atomic E-state index is -1.83. The van der Waals surface area contributed by atoms with Crippen LogP contribution in [0.5, 0.6) is 0 Å². The van der Waals surface area contributed by atoms with Gasteiger partial charge < -0.3 is 15.5 Å². The molecular weight excluding hydrogens is 299 g/mol. The van der Waals surface area contributed by atoms with Gasteiger partial charge in [-0.1, -0.05) is 30.3 Å². The molecule has 0 aromatic heterocycles. The third-order valence-electron chi connectivity index (χ3n) is 4.47. The van der Waals surface area contributed by atoms with Gasteiger partial charge in [0, 0.05) is 19.1 Å². The van der Waals surface area contributed by atoms with Crippen molar-refractivity contribution < 1.29 is 19.4 Å². The highest BCUT2D eigenvalue weighted by Crippen LogP contribution is 2.27. The standard InChI is InChI=1S/C17H25FN2O3/c1-3-19-17(23)14-16(22)13(18)15(21)11(2)20(14)10-9-12-7-5-4-6-8-12/h4-8,11,13-16,21-22H,3,9-10H2,1-2H3,(H,19,23)/t11-,13-,14+,15+,16-/m1/s1. The van der Waals surface area contributed by atoms with Crippen LogP contribution in [0.3, 0.4) is 0 Å². The first-order valence-electron chi connectivity index (χ1n) is 8.05. The first-order chi connectivity index (χ1) is 11.0. The monoisotopic (exact) mass is 324 g/mol. The van der Waals surface area contributed by atoms with Crippen LogP contribution in [0, 0.1) is 0 Å². The van der Waals surface area contributed by atoms with Crippen LogP contribution in [-0.4, -0.2) is 64.6 Å². The smallest absolute Gasteiger partial charge is 0.240 e. The van der Waals surface area contributed by atoms with E-state index < -0.39 is 36.4 Å². The molecule has 1 saturated heterocycles. The zero-order valence-electron chi connectivity index (χ0n) is 13.5. The van der Waals surface area contributed by atoms with Crippen LogP contribution in [-0.2, 0) is 11.2 Å². The molecule has 0 saturated carbocycles. The SMILES string of the molecule is CCNC(=O)[C@@H]1[C@H](O)[C@H](F)[C@@H](O)[C@@H](C)N1CCc1ccccc1. The van der Waals surface area contributed by atoms with Crippen LogP contribution in [0.2, 0.25) is 0 Å². The second-order valence-electron chi connectivity index (χ2n) is 5.98. The summed E-state index contributed by atoms with van der Waals surface area (Å²) in [5.74, 6) is -0.408. The highest BCUT2D eigenvalue weighted by atomic mass is 19.1. The maximum absolute atomic E-state index is 14.1. The zero-order valence-corrected chi connectivity index (χ0v) is 13.5. The number of nitrogens with one attached hydrogen (secondary N) is 1. The molecule has 128 valence electrons. The molecular formula is C17H25FN2O3. The number of amides is 1. The summed E-state index contributed by atoms with van der Waals surface area (Å²) in [6.45, 7) is 4.31. The molecule has 6 heteroatoms. The van der Waals surface area contributed by atoms with Crippen molar-refractivity contribution in [3.63, 3.8) is 0 Å². The van der Waals surface area contributed by atoms with E-state index in [0.717, 1.165) is 5.56 Å². The molecule has 1 amide bonds. The van der Waals surface area contributed by atoms with Gasteiger partial charge in [0.1, 0.15) is 18.2 Å². The molecule has 0 aliphatic carbocycles. The van der Waals surface area contributed by atoms with Crippen LogP contribution in [0.1, 0.15) is 19.4 Å². The number of carbonyl (C=O) groups excluding carboxylic acids is 1. The van der Waals surface area contributed by atoms with Crippen molar-refractivity contribution in [3.8, 4) is 0 Å². The molecule has 1 aromatic rings. The fraction of sp³-hybridized carbons (Fsp3) is 0.588. The lowest BCUT2D eigenvalue weighted by atomic mass is 9.88. The average Bonchev–Trinajstić information content (AvgIpc) is 2.56. The third-order valence-corrected chi connectivity index (χ3v) is 4.47. The van der Waals surface area contributed by atoms with E-state index in [-0.39, 0.29) is 0 Å². The number of rotatable bonds is 5. The zero-order chi connectivity index (χ0) is 17.0. The number of benzene rings is 1. The number of alkyl halides is 1. The van der Waals surface area contributed by atoms with Crippen LogP contribution >= 0.6 is 0 Å². The van der Waals surface area contributed by atoms with Crippen LogP contribution in [0.4, 0.5) is 4.39 Å². The van der Waals surface area contributed by atoms with E-state index in [4.69, 9.17) is 0 Å². The van der Waals surface area contributed by atoms with Crippen LogP contribution in [0.15, 0.2) is 30.3 Å². The van der Waals surface area contributed by atoms with Crippen molar-refractivity contribution in [1.82, 2.24) is 10.2 Å². The molecule has 5 atom stereocenters. The number of nitrogens with zero attached hydrogens (tertiary/aromatic N) is 1. The molecule has 23 heavy (non-hydrogen) atoms. The summed E-state index contributed by atoms with van der Waals surface area (Å²) < 4.78 is 14.1. The predicted molar refractivity (Wildman–Crippen MR) is 85.7 cm³/mol. The summed E-state index contributed by atoms with van der Waals surface area (Å²) in [6, 6.07) is 8.18. The van der Waals surface area contributed by atoms with Crippen molar-refractivity contribution in [2.45, 2.75) is 50.7 Å². The molecule has 1 fully saturated rings. The fourth-order valence-electron chi connectivity index (χ4n) is 3.12. The van der Waals surface area contributed by atoms with Gasteiger partial charge >= 0.3 is 0 Å². The summed E-state index contributed by atoms with van der Waals surface area (Å²) in [6.07, 6.45) is -4.03. The van der Waals surface area contributed by atoms with Gasteiger partial charge in [0.25, 0.3) is 0 Å². The Morgan fingerprint density at radius 1 is 1.26 bits per heavy atom. The number of piperidine rings is 1. The molecule has 3 N–H and O–H groups in total. The van der Waals surface area contributed by atoms with E-state index in [1.54, 1.807) is 18.7 Å². The normalized spacial score (nSPS) is 31.8. The van der Waals surface area contributed by atoms with E-state index in [1.165, 1.54) is 0 Å². The molecule has 1 aromatic carbocycles. The van der Waals surface area contributed by atoms with Gasteiger partial charge in [0.2, 0.25) is 5.91 Å². The molecule has 2 rings (SSSR count). The number of carbonyl (C=O) groups is 1. The topological polar surface area (TPSA) is 72.8 Å². The van der Waals surface area contributed by atoms with E-state index in [2.05, 4.69) is 5.32 Å². The minimum Gasteiger partial charge on any atom is -0.388 e. The molecule has 1 heterocycles. The van der Waals surface area contributed by atoms with Gasteiger partial charge in [0.15, 0.2) is 6.17 Å². The second-order valence-corrected chi connectivity index (χ2v) is 5.98. The fourth-order valence-corrected chi connectivity index (χ4v) is 3.12. The highest BCUT2D eigenvalue weighted by Gasteiger charge is 2.49. The van der Waals surface area contributed by atoms with Gasteiger partial charge in [-0.05, 0) is 25.8 Å². The Balaban J connectivity index is 2.17.